The minimum Gasteiger partial charge on any atom is -0.503 e. The summed E-state index contributed by atoms with van der Waals surface area (Å²) in [4.78, 5) is 14.3. The van der Waals surface area contributed by atoms with Crippen molar-refractivity contribution in [1.29, 1.82) is 0 Å². The van der Waals surface area contributed by atoms with Crippen molar-refractivity contribution in [3.63, 3.8) is 0 Å². The highest BCUT2D eigenvalue weighted by molar-refractivity contribution is 6.32. The molecule has 1 fully saturated rings. The van der Waals surface area contributed by atoms with E-state index in [4.69, 9.17) is 16.3 Å². The molecule has 1 aliphatic heterocycles. The van der Waals surface area contributed by atoms with E-state index in [1.54, 1.807) is 6.07 Å². The van der Waals surface area contributed by atoms with E-state index in [0.717, 1.165) is 25.9 Å². The molecule has 0 saturated carbocycles. The van der Waals surface area contributed by atoms with E-state index in [1.807, 2.05) is 11.8 Å². The van der Waals surface area contributed by atoms with Gasteiger partial charge in [-0.15, -0.1) is 0 Å². The molecular weight excluding hydrogens is 278 g/mol. The number of hydrogen-bond donors (Lipinski definition) is 1. The summed E-state index contributed by atoms with van der Waals surface area (Å²) in [5, 5.41) is 9.95. The Morgan fingerprint density at radius 1 is 1.55 bits per heavy atom. The minimum atomic E-state index is -0.114. The zero-order valence-electron chi connectivity index (χ0n) is 11.9. The van der Waals surface area contributed by atoms with Gasteiger partial charge in [-0.25, -0.2) is 0 Å². The van der Waals surface area contributed by atoms with Gasteiger partial charge >= 0.3 is 0 Å². The first-order chi connectivity index (χ1) is 9.52. The van der Waals surface area contributed by atoms with Gasteiger partial charge in [0.2, 0.25) is 0 Å². The molecular formula is C15H20ClNO3. The average Bonchev–Trinajstić information content (AvgIpc) is 2.43. The Balaban J connectivity index is 2.25. The number of aromatic hydroxyl groups is 1. The zero-order chi connectivity index (χ0) is 14.7. The lowest BCUT2D eigenvalue weighted by Gasteiger charge is -2.31. The normalized spacial score (nSPS) is 18.9. The summed E-state index contributed by atoms with van der Waals surface area (Å²) in [6, 6.07) is 3.06. The van der Waals surface area contributed by atoms with Crippen molar-refractivity contribution >= 4 is 17.5 Å². The Bertz CT molecular complexity index is 504. The summed E-state index contributed by atoms with van der Waals surface area (Å²) in [7, 11) is 0. The van der Waals surface area contributed by atoms with Crippen molar-refractivity contribution in [3.8, 4) is 11.5 Å². The van der Waals surface area contributed by atoms with Crippen molar-refractivity contribution in [2.75, 3.05) is 19.7 Å². The standard InChI is InChI=1S/C15H20ClNO3/c1-3-20-13-8-11(7-12(16)14(13)18)15(19)17-6-4-5-10(2)9-17/h7-8,10,18H,3-6,9H2,1-2H3/t10-/m1/s1. The molecule has 1 aromatic rings. The number of rotatable bonds is 3. The van der Waals surface area contributed by atoms with Crippen LogP contribution in [0.15, 0.2) is 12.1 Å². The molecule has 1 atom stereocenters. The van der Waals surface area contributed by atoms with Crippen LogP contribution in [0.2, 0.25) is 5.02 Å². The molecule has 1 heterocycles. The second-order valence-electron chi connectivity index (χ2n) is 5.24. The molecule has 1 saturated heterocycles. The number of halogens is 1. The highest BCUT2D eigenvalue weighted by atomic mass is 35.5. The number of phenolic OH excluding ortho intramolecular Hbond substituents is 1. The van der Waals surface area contributed by atoms with Crippen LogP contribution in [0, 0.1) is 5.92 Å². The summed E-state index contributed by atoms with van der Waals surface area (Å²) in [6.45, 7) is 5.90. The van der Waals surface area contributed by atoms with Gasteiger partial charge < -0.3 is 14.7 Å². The lowest BCUT2D eigenvalue weighted by atomic mass is 9.99. The quantitative estimate of drug-likeness (QED) is 0.931. The second-order valence-corrected chi connectivity index (χ2v) is 5.64. The van der Waals surface area contributed by atoms with E-state index in [9.17, 15) is 9.90 Å². The lowest BCUT2D eigenvalue weighted by Crippen LogP contribution is -2.39. The van der Waals surface area contributed by atoms with E-state index in [-0.39, 0.29) is 22.4 Å². The van der Waals surface area contributed by atoms with Crippen LogP contribution in [0.3, 0.4) is 0 Å². The van der Waals surface area contributed by atoms with Gasteiger partial charge in [0.1, 0.15) is 0 Å². The van der Waals surface area contributed by atoms with E-state index in [0.29, 0.717) is 18.1 Å². The highest BCUT2D eigenvalue weighted by Gasteiger charge is 2.23. The average molecular weight is 298 g/mol. The number of piperidine rings is 1. The van der Waals surface area contributed by atoms with Crippen LogP contribution < -0.4 is 4.74 Å². The maximum Gasteiger partial charge on any atom is 0.254 e. The van der Waals surface area contributed by atoms with E-state index < -0.39 is 0 Å². The first-order valence-corrected chi connectivity index (χ1v) is 7.35. The molecule has 20 heavy (non-hydrogen) atoms. The van der Waals surface area contributed by atoms with Crippen LogP contribution in [0.4, 0.5) is 0 Å². The van der Waals surface area contributed by atoms with E-state index in [2.05, 4.69) is 6.92 Å². The van der Waals surface area contributed by atoms with Crippen molar-refractivity contribution in [2.24, 2.45) is 5.92 Å². The lowest BCUT2D eigenvalue weighted by molar-refractivity contribution is 0.0682. The molecule has 2 rings (SSSR count). The van der Waals surface area contributed by atoms with Crippen molar-refractivity contribution in [1.82, 2.24) is 4.90 Å². The molecule has 4 nitrogen and oxygen atoms in total. The fraction of sp³-hybridized carbons (Fsp3) is 0.533. The van der Waals surface area contributed by atoms with Gasteiger partial charge in [0, 0.05) is 18.7 Å². The predicted octanol–water partition coefficient (Wildman–Crippen LogP) is 3.32. The fourth-order valence-corrected chi connectivity index (χ4v) is 2.73. The molecule has 0 bridgehead atoms. The van der Waals surface area contributed by atoms with Gasteiger partial charge in [-0.3, -0.25) is 4.79 Å². The summed E-state index contributed by atoms with van der Waals surface area (Å²) in [5.74, 6) is 0.608. The third-order valence-electron chi connectivity index (χ3n) is 3.52. The van der Waals surface area contributed by atoms with Gasteiger partial charge in [0.05, 0.1) is 11.6 Å². The number of amides is 1. The van der Waals surface area contributed by atoms with Crippen molar-refractivity contribution < 1.29 is 14.6 Å². The first kappa shape index (κ1) is 15.0. The van der Waals surface area contributed by atoms with Gasteiger partial charge in [0.25, 0.3) is 5.91 Å². The van der Waals surface area contributed by atoms with Gasteiger partial charge in [-0.2, -0.15) is 0 Å². The first-order valence-electron chi connectivity index (χ1n) is 6.97. The predicted molar refractivity (Wildman–Crippen MR) is 78.6 cm³/mol. The topological polar surface area (TPSA) is 49.8 Å². The molecule has 0 aliphatic carbocycles. The monoisotopic (exact) mass is 297 g/mol. The van der Waals surface area contributed by atoms with E-state index >= 15 is 0 Å². The molecule has 1 aliphatic rings. The van der Waals surface area contributed by atoms with Crippen LogP contribution in [-0.2, 0) is 0 Å². The molecule has 1 amide bonds. The molecule has 0 radical (unpaired) electrons. The van der Waals surface area contributed by atoms with Crippen LogP contribution in [0.1, 0.15) is 37.0 Å². The molecule has 110 valence electrons. The van der Waals surface area contributed by atoms with Gasteiger partial charge in [-0.1, -0.05) is 18.5 Å². The Labute approximate surface area is 124 Å². The van der Waals surface area contributed by atoms with Crippen LogP contribution >= 0.6 is 11.6 Å². The number of nitrogens with zero attached hydrogens (tertiary/aromatic N) is 1. The van der Waals surface area contributed by atoms with Crippen LogP contribution in [0.5, 0.6) is 11.5 Å². The SMILES string of the molecule is CCOc1cc(C(=O)N2CCC[C@@H](C)C2)cc(Cl)c1O. The number of phenols is 1. The number of carbonyl (C=O) groups excluding carboxylic acids is 1. The Kier molecular flexibility index (Phi) is 4.76. The number of benzene rings is 1. The van der Waals surface area contributed by atoms with Crippen molar-refractivity contribution in [3.05, 3.63) is 22.7 Å². The highest BCUT2D eigenvalue weighted by Crippen LogP contribution is 2.35. The zero-order valence-corrected chi connectivity index (χ0v) is 12.6. The third kappa shape index (κ3) is 3.18. The summed E-state index contributed by atoms with van der Waals surface area (Å²) < 4.78 is 5.31. The van der Waals surface area contributed by atoms with E-state index in [1.165, 1.54) is 6.07 Å². The Morgan fingerprint density at radius 2 is 2.30 bits per heavy atom. The van der Waals surface area contributed by atoms with Crippen LogP contribution in [-0.4, -0.2) is 35.6 Å². The van der Waals surface area contributed by atoms with Crippen molar-refractivity contribution in [2.45, 2.75) is 26.7 Å². The Hall–Kier alpha value is -1.42. The van der Waals surface area contributed by atoms with Gasteiger partial charge in [0.15, 0.2) is 11.5 Å². The molecule has 0 unspecified atom stereocenters. The molecule has 0 spiro atoms. The molecule has 1 N–H and O–H groups in total. The number of ether oxygens (including phenoxy) is 1. The molecule has 0 aromatic heterocycles. The summed E-state index contributed by atoms with van der Waals surface area (Å²) in [5.41, 5.74) is 0.463. The number of likely N-dealkylation sites (tertiary alicyclic amines) is 1. The summed E-state index contributed by atoms with van der Waals surface area (Å²) >= 11 is 5.97. The second kappa shape index (κ2) is 6.35. The third-order valence-corrected chi connectivity index (χ3v) is 3.81. The fourth-order valence-electron chi connectivity index (χ4n) is 2.52. The number of hydrogen-bond acceptors (Lipinski definition) is 3. The largest absolute Gasteiger partial charge is 0.503 e. The van der Waals surface area contributed by atoms with Crippen LogP contribution in [0.25, 0.3) is 0 Å². The number of carbonyl (C=O) groups is 1. The molecule has 1 aromatic carbocycles. The Morgan fingerprint density at radius 3 is 2.95 bits per heavy atom. The van der Waals surface area contributed by atoms with Gasteiger partial charge in [-0.05, 0) is 37.8 Å². The smallest absolute Gasteiger partial charge is 0.254 e. The molecule has 5 heteroatoms. The summed E-state index contributed by atoms with van der Waals surface area (Å²) in [6.07, 6.45) is 2.18. The maximum atomic E-state index is 12.5. The minimum absolute atomic E-state index is 0.0561. The maximum absolute atomic E-state index is 12.5.